The van der Waals surface area contributed by atoms with Gasteiger partial charge in [-0.05, 0) is 18.8 Å². The molecule has 0 aliphatic heterocycles. The summed E-state index contributed by atoms with van der Waals surface area (Å²) < 4.78 is 1.89. The van der Waals surface area contributed by atoms with Gasteiger partial charge in [0.1, 0.15) is 12.7 Å². The maximum absolute atomic E-state index is 10.7. The normalized spacial score (nSPS) is 20.5. The molecular weight excluding hydrogens is 228 g/mol. The van der Waals surface area contributed by atoms with E-state index in [1.54, 1.807) is 19.6 Å². The maximum Gasteiger partial charge on any atom is 0.216 e. The zero-order chi connectivity index (χ0) is 14.0. The first-order chi connectivity index (χ1) is 8.75. The summed E-state index contributed by atoms with van der Waals surface area (Å²) in [6.07, 6.45) is 5.48. The van der Waals surface area contributed by atoms with Crippen molar-refractivity contribution in [3.8, 4) is 0 Å². The minimum Gasteiger partial charge on any atom is -0.356 e. The van der Waals surface area contributed by atoms with E-state index in [0.717, 1.165) is 19.4 Å². The van der Waals surface area contributed by atoms with Crippen molar-refractivity contribution in [1.29, 1.82) is 0 Å². The Labute approximate surface area is 110 Å². The largest absolute Gasteiger partial charge is 0.356 e. The van der Waals surface area contributed by atoms with Gasteiger partial charge >= 0.3 is 0 Å². The first-order valence-corrected chi connectivity index (χ1v) is 6.84. The van der Waals surface area contributed by atoms with Gasteiger partial charge in [0.25, 0.3) is 0 Å². The fourth-order valence-corrected chi connectivity index (χ4v) is 1.78. The maximum atomic E-state index is 10.7. The van der Waals surface area contributed by atoms with E-state index in [4.69, 9.17) is 0 Å². The Morgan fingerprint density at radius 2 is 1.94 bits per heavy atom. The van der Waals surface area contributed by atoms with Crippen LogP contribution >= 0.6 is 0 Å². The van der Waals surface area contributed by atoms with Crippen molar-refractivity contribution in [2.45, 2.75) is 53.5 Å². The van der Waals surface area contributed by atoms with Gasteiger partial charge in [-0.2, -0.15) is 5.10 Å². The predicted molar refractivity (Wildman–Crippen MR) is 73.2 cm³/mol. The smallest absolute Gasteiger partial charge is 0.216 e. The van der Waals surface area contributed by atoms with Gasteiger partial charge in [0.05, 0.1) is 6.04 Å². The quantitative estimate of drug-likeness (QED) is 0.901. The molecule has 5 nitrogen and oxygen atoms in total. The number of aromatic nitrogens is 3. The summed E-state index contributed by atoms with van der Waals surface area (Å²) in [4.78, 5) is 14.6. The second-order valence-corrected chi connectivity index (χ2v) is 3.80. The molecule has 1 aromatic rings. The molecule has 0 spiro atoms. The number of nitrogens with zero attached hydrogens (tertiary/aromatic N) is 3. The summed E-state index contributed by atoms with van der Waals surface area (Å²) in [5.74, 6) is 0.655. The summed E-state index contributed by atoms with van der Waals surface area (Å²) >= 11 is 0. The molecule has 1 aliphatic rings. The van der Waals surface area contributed by atoms with Crippen LogP contribution in [0.1, 0.15) is 53.5 Å². The first-order valence-electron chi connectivity index (χ1n) is 6.84. The van der Waals surface area contributed by atoms with Crippen molar-refractivity contribution in [3.63, 3.8) is 0 Å². The number of hydrogen-bond donors (Lipinski definition) is 1. The average molecular weight is 254 g/mol. The molecule has 1 heterocycles. The number of carbonyl (C=O) groups excluding carboxylic acids is 1. The van der Waals surface area contributed by atoms with Crippen LogP contribution in [0.15, 0.2) is 12.7 Å². The van der Waals surface area contributed by atoms with Crippen LogP contribution in [0.3, 0.4) is 0 Å². The molecule has 1 N–H and O–H groups in total. The predicted octanol–water partition coefficient (Wildman–Crippen LogP) is 2.42. The molecule has 0 aromatic carbocycles. The van der Waals surface area contributed by atoms with E-state index in [-0.39, 0.29) is 5.91 Å². The lowest BCUT2D eigenvalue weighted by Crippen LogP contribution is -2.36. The van der Waals surface area contributed by atoms with Crippen LogP contribution in [0.2, 0.25) is 0 Å². The molecule has 5 heteroatoms. The molecular formula is C13H26N4O. The van der Waals surface area contributed by atoms with E-state index < -0.39 is 0 Å². The Morgan fingerprint density at radius 3 is 2.39 bits per heavy atom. The lowest BCUT2D eigenvalue weighted by Gasteiger charge is -2.34. The Hall–Kier alpha value is -1.39. The van der Waals surface area contributed by atoms with Gasteiger partial charge in [0.15, 0.2) is 0 Å². The molecule has 1 aliphatic carbocycles. The van der Waals surface area contributed by atoms with E-state index in [0.29, 0.717) is 12.0 Å². The lowest BCUT2D eigenvalue weighted by molar-refractivity contribution is -0.119. The highest BCUT2D eigenvalue weighted by atomic mass is 16.1. The van der Waals surface area contributed by atoms with Crippen molar-refractivity contribution in [2.75, 3.05) is 6.54 Å². The van der Waals surface area contributed by atoms with Crippen molar-refractivity contribution >= 4 is 5.91 Å². The van der Waals surface area contributed by atoms with Gasteiger partial charge in [-0.3, -0.25) is 4.79 Å². The Bertz CT molecular complexity index is 305. The highest BCUT2D eigenvalue weighted by Crippen LogP contribution is 2.36. The van der Waals surface area contributed by atoms with Crippen LogP contribution < -0.4 is 5.32 Å². The Kier molecular flexibility index (Phi) is 8.88. The van der Waals surface area contributed by atoms with Crippen molar-refractivity contribution in [2.24, 2.45) is 5.92 Å². The summed E-state index contributed by atoms with van der Waals surface area (Å²) in [5, 5.41) is 6.92. The summed E-state index contributed by atoms with van der Waals surface area (Å²) in [7, 11) is 0. The van der Waals surface area contributed by atoms with Gasteiger partial charge in [0.2, 0.25) is 5.91 Å². The van der Waals surface area contributed by atoms with Gasteiger partial charge in [0, 0.05) is 13.5 Å². The van der Waals surface area contributed by atoms with Crippen LogP contribution in [-0.4, -0.2) is 27.2 Å². The molecule has 104 valence electrons. The SMILES string of the molecule is CC.CC.CC(=O)NCC1CC(n2cncn2)C1. The molecule has 0 bridgehead atoms. The number of hydrogen-bond acceptors (Lipinski definition) is 3. The van der Waals surface area contributed by atoms with E-state index in [1.807, 2.05) is 32.4 Å². The van der Waals surface area contributed by atoms with Gasteiger partial charge in [-0.25, -0.2) is 9.67 Å². The van der Waals surface area contributed by atoms with Crippen LogP contribution in [0.5, 0.6) is 0 Å². The van der Waals surface area contributed by atoms with E-state index in [9.17, 15) is 4.79 Å². The van der Waals surface area contributed by atoms with Crippen molar-refractivity contribution in [3.05, 3.63) is 12.7 Å². The van der Waals surface area contributed by atoms with Gasteiger partial charge in [-0.15, -0.1) is 0 Å². The topological polar surface area (TPSA) is 59.8 Å². The molecule has 1 aromatic heterocycles. The molecule has 0 unspecified atom stereocenters. The van der Waals surface area contributed by atoms with Crippen LogP contribution in [-0.2, 0) is 4.79 Å². The second kappa shape index (κ2) is 9.62. The zero-order valence-electron chi connectivity index (χ0n) is 12.2. The van der Waals surface area contributed by atoms with E-state index in [2.05, 4.69) is 15.4 Å². The molecule has 18 heavy (non-hydrogen) atoms. The van der Waals surface area contributed by atoms with Gasteiger partial charge in [-0.1, -0.05) is 27.7 Å². The number of carbonyl (C=O) groups is 1. The standard InChI is InChI=1S/C9H14N4O.2C2H6/c1-7(14)11-4-8-2-9(3-8)13-6-10-5-12-13;2*1-2/h5-6,8-9H,2-4H2,1H3,(H,11,14);2*1-2H3. The van der Waals surface area contributed by atoms with Crippen LogP contribution in [0, 0.1) is 5.92 Å². The van der Waals surface area contributed by atoms with Crippen molar-refractivity contribution in [1.82, 2.24) is 20.1 Å². The third kappa shape index (κ3) is 5.29. The second-order valence-electron chi connectivity index (χ2n) is 3.80. The lowest BCUT2D eigenvalue weighted by atomic mass is 9.80. The van der Waals surface area contributed by atoms with Crippen molar-refractivity contribution < 1.29 is 4.79 Å². The average Bonchev–Trinajstić information content (AvgIpc) is 2.85. The molecule has 0 radical (unpaired) electrons. The molecule has 0 saturated heterocycles. The highest BCUT2D eigenvalue weighted by Gasteiger charge is 2.30. The highest BCUT2D eigenvalue weighted by molar-refractivity contribution is 5.72. The number of rotatable bonds is 3. The molecule has 0 atom stereocenters. The van der Waals surface area contributed by atoms with E-state index in [1.165, 1.54) is 0 Å². The third-order valence-corrected chi connectivity index (χ3v) is 2.66. The minimum atomic E-state index is 0.0502. The van der Waals surface area contributed by atoms with E-state index >= 15 is 0 Å². The fourth-order valence-electron chi connectivity index (χ4n) is 1.78. The molecule has 1 amide bonds. The number of amides is 1. The van der Waals surface area contributed by atoms with Gasteiger partial charge < -0.3 is 5.32 Å². The Balaban J connectivity index is 0.000000659. The summed E-state index contributed by atoms with van der Waals surface area (Å²) in [6, 6.07) is 0.483. The molecule has 1 fully saturated rings. The summed E-state index contributed by atoms with van der Waals surface area (Å²) in [5.41, 5.74) is 0. The monoisotopic (exact) mass is 254 g/mol. The third-order valence-electron chi connectivity index (χ3n) is 2.66. The summed E-state index contributed by atoms with van der Waals surface area (Å²) in [6.45, 7) is 10.3. The fraction of sp³-hybridized carbons (Fsp3) is 0.769. The zero-order valence-corrected chi connectivity index (χ0v) is 12.2. The number of nitrogens with one attached hydrogen (secondary N) is 1. The first kappa shape index (κ1) is 16.6. The molecule has 1 saturated carbocycles. The Morgan fingerprint density at radius 1 is 1.33 bits per heavy atom. The van der Waals surface area contributed by atoms with Crippen LogP contribution in [0.4, 0.5) is 0 Å². The van der Waals surface area contributed by atoms with Crippen LogP contribution in [0.25, 0.3) is 0 Å². The minimum absolute atomic E-state index is 0.0502. The molecule has 2 rings (SSSR count).